The quantitative estimate of drug-likeness (QED) is 0.729. The van der Waals surface area contributed by atoms with Gasteiger partial charge in [-0.1, -0.05) is 56.6 Å². The number of phenolic OH excluding ortho intramolecular Hbond substituents is 2. The maximum Gasteiger partial charge on any atom is 0.314 e. The molecule has 0 heterocycles. The molecule has 3 N–H and O–H groups in total. The second-order valence-electron chi connectivity index (χ2n) is 7.21. The van der Waals surface area contributed by atoms with Gasteiger partial charge < -0.3 is 15.3 Å². The van der Waals surface area contributed by atoms with Gasteiger partial charge >= 0.3 is 5.97 Å². The summed E-state index contributed by atoms with van der Waals surface area (Å²) in [4.78, 5) is 11.2. The third kappa shape index (κ3) is 2.60. The molecule has 0 unspecified atom stereocenters. The van der Waals surface area contributed by atoms with Crippen molar-refractivity contribution in [1.82, 2.24) is 0 Å². The van der Waals surface area contributed by atoms with Gasteiger partial charge in [-0.15, -0.1) is 0 Å². The normalized spacial score (nSPS) is 28.6. The molecule has 0 aromatic heterocycles. The molecule has 1 aromatic rings. The number of hydrogen-bond acceptors (Lipinski definition) is 3. The Kier molecular flexibility index (Phi) is 4.16. The number of aromatic hydroxyl groups is 2. The second kappa shape index (κ2) is 6.00. The highest BCUT2D eigenvalue weighted by atomic mass is 16.4. The van der Waals surface area contributed by atoms with Gasteiger partial charge in [0.1, 0.15) is 11.5 Å². The average molecular weight is 328 g/mol. The highest BCUT2D eigenvalue weighted by molar-refractivity contribution is 5.75. The Morgan fingerprint density at radius 2 is 1.71 bits per heavy atom. The zero-order valence-corrected chi connectivity index (χ0v) is 13.9. The van der Waals surface area contributed by atoms with Gasteiger partial charge in [0.15, 0.2) is 0 Å². The maximum absolute atomic E-state index is 11.2. The Labute approximate surface area is 142 Å². The molecule has 0 bridgehead atoms. The van der Waals surface area contributed by atoms with Gasteiger partial charge in [0, 0.05) is 22.5 Å². The van der Waals surface area contributed by atoms with Crippen LogP contribution in [0.4, 0.5) is 0 Å². The minimum absolute atomic E-state index is 0.0491. The SMILES string of the molecule is CC1(C2(c3ccc(O)cc3O)CCCCC2)C=CC(C(=O)O)C=C1. The maximum atomic E-state index is 11.2. The van der Waals surface area contributed by atoms with E-state index in [1.807, 2.05) is 18.2 Å². The molecule has 1 aromatic carbocycles. The molecule has 0 amide bonds. The molecule has 0 saturated heterocycles. The van der Waals surface area contributed by atoms with Gasteiger partial charge in [-0.05, 0) is 18.9 Å². The van der Waals surface area contributed by atoms with Crippen molar-refractivity contribution in [3.8, 4) is 11.5 Å². The van der Waals surface area contributed by atoms with E-state index in [0.717, 1.165) is 31.2 Å². The first kappa shape index (κ1) is 16.6. The van der Waals surface area contributed by atoms with Crippen LogP contribution in [0.5, 0.6) is 11.5 Å². The van der Waals surface area contributed by atoms with E-state index in [2.05, 4.69) is 6.92 Å². The fourth-order valence-electron chi connectivity index (χ4n) is 4.39. The summed E-state index contributed by atoms with van der Waals surface area (Å²) >= 11 is 0. The lowest BCUT2D eigenvalue weighted by atomic mass is 9.53. The van der Waals surface area contributed by atoms with Gasteiger partial charge in [-0.3, -0.25) is 4.79 Å². The summed E-state index contributed by atoms with van der Waals surface area (Å²) < 4.78 is 0. The Hall–Kier alpha value is -2.23. The van der Waals surface area contributed by atoms with E-state index in [0.29, 0.717) is 0 Å². The van der Waals surface area contributed by atoms with Gasteiger partial charge in [0.2, 0.25) is 0 Å². The largest absolute Gasteiger partial charge is 0.508 e. The number of hydrogen-bond donors (Lipinski definition) is 3. The third-order valence-corrected chi connectivity index (χ3v) is 5.82. The van der Waals surface area contributed by atoms with Crippen molar-refractivity contribution in [2.75, 3.05) is 0 Å². The molecule has 2 aliphatic rings. The molecule has 3 rings (SSSR count). The third-order valence-electron chi connectivity index (χ3n) is 5.82. The predicted octanol–water partition coefficient (Wildman–Crippen LogP) is 4.13. The van der Waals surface area contributed by atoms with Crippen LogP contribution in [0, 0.1) is 11.3 Å². The molecule has 0 radical (unpaired) electrons. The molecular formula is C20H24O4. The van der Waals surface area contributed by atoms with Crippen LogP contribution in [0.2, 0.25) is 0 Å². The fraction of sp³-hybridized carbons (Fsp3) is 0.450. The van der Waals surface area contributed by atoms with Gasteiger partial charge in [0.25, 0.3) is 0 Å². The summed E-state index contributed by atoms with van der Waals surface area (Å²) in [5.41, 5.74) is 0.179. The first-order valence-electron chi connectivity index (χ1n) is 8.52. The van der Waals surface area contributed by atoms with Crippen LogP contribution in [0.1, 0.15) is 44.6 Å². The number of benzene rings is 1. The molecular weight excluding hydrogens is 304 g/mol. The molecule has 1 saturated carbocycles. The van der Waals surface area contributed by atoms with E-state index in [4.69, 9.17) is 0 Å². The zero-order chi connectivity index (χ0) is 17.4. The standard InChI is InChI=1S/C20H24O4/c1-19(11-7-14(8-12-19)18(23)24)20(9-3-2-4-10-20)16-6-5-15(21)13-17(16)22/h5-8,11-14,21-22H,2-4,9-10H2,1H3,(H,23,24). The Morgan fingerprint density at radius 3 is 2.25 bits per heavy atom. The first-order valence-corrected chi connectivity index (χ1v) is 8.52. The fourth-order valence-corrected chi connectivity index (χ4v) is 4.39. The summed E-state index contributed by atoms with van der Waals surface area (Å²) in [6, 6.07) is 4.82. The number of allylic oxidation sites excluding steroid dienone is 2. The van der Waals surface area contributed by atoms with Crippen molar-refractivity contribution in [2.45, 2.75) is 44.4 Å². The zero-order valence-electron chi connectivity index (χ0n) is 13.9. The number of carboxylic acid groups (broad SMARTS) is 1. The van der Waals surface area contributed by atoms with E-state index in [-0.39, 0.29) is 22.3 Å². The van der Waals surface area contributed by atoms with Crippen molar-refractivity contribution in [1.29, 1.82) is 0 Å². The molecule has 24 heavy (non-hydrogen) atoms. The van der Waals surface area contributed by atoms with Crippen LogP contribution in [-0.2, 0) is 10.2 Å². The van der Waals surface area contributed by atoms with Crippen molar-refractivity contribution in [3.05, 3.63) is 48.1 Å². The number of phenols is 2. The lowest BCUT2D eigenvalue weighted by molar-refractivity contribution is -0.138. The lowest BCUT2D eigenvalue weighted by Crippen LogP contribution is -2.44. The Bertz CT molecular complexity index is 682. The molecule has 2 aliphatic carbocycles. The second-order valence-corrected chi connectivity index (χ2v) is 7.21. The van der Waals surface area contributed by atoms with Crippen LogP contribution in [0.15, 0.2) is 42.5 Å². The molecule has 1 fully saturated rings. The topological polar surface area (TPSA) is 77.8 Å². The molecule has 0 spiro atoms. The van der Waals surface area contributed by atoms with E-state index >= 15 is 0 Å². The van der Waals surface area contributed by atoms with Crippen molar-refractivity contribution in [3.63, 3.8) is 0 Å². The first-order chi connectivity index (χ1) is 11.4. The number of carboxylic acids is 1. The minimum Gasteiger partial charge on any atom is -0.508 e. The molecule has 0 aliphatic heterocycles. The summed E-state index contributed by atoms with van der Waals surface area (Å²) in [7, 11) is 0. The number of carbonyl (C=O) groups is 1. The van der Waals surface area contributed by atoms with Gasteiger partial charge in [-0.25, -0.2) is 0 Å². The molecule has 4 heteroatoms. The molecule has 0 atom stereocenters. The molecule has 128 valence electrons. The van der Waals surface area contributed by atoms with E-state index in [1.165, 1.54) is 12.5 Å². The summed E-state index contributed by atoms with van der Waals surface area (Å²) in [5.74, 6) is -1.28. The lowest BCUT2D eigenvalue weighted by Gasteiger charge is -2.50. The number of aliphatic carboxylic acids is 1. The molecule has 4 nitrogen and oxygen atoms in total. The van der Waals surface area contributed by atoms with Crippen LogP contribution in [-0.4, -0.2) is 21.3 Å². The van der Waals surface area contributed by atoms with Gasteiger partial charge in [-0.2, -0.15) is 0 Å². The summed E-state index contributed by atoms with van der Waals surface area (Å²) in [6.07, 6.45) is 12.6. The van der Waals surface area contributed by atoms with E-state index in [1.54, 1.807) is 18.2 Å². The minimum atomic E-state index is -0.852. The van der Waals surface area contributed by atoms with Crippen LogP contribution >= 0.6 is 0 Å². The Morgan fingerprint density at radius 1 is 1.08 bits per heavy atom. The van der Waals surface area contributed by atoms with Crippen LogP contribution < -0.4 is 0 Å². The number of rotatable bonds is 3. The monoisotopic (exact) mass is 328 g/mol. The highest BCUT2D eigenvalue weighted by Crippen LogP contribution is 2.56. The van der Waals surface area contributed by atoms with E-state index < -0.39 is 11.9 Å². The van der Waals surface area contributed by atoms with Crippen LogP contribution in [0.3, 0.4) is 0 Å². The van der Waals surface area contributed by atoms with E-state index in [9.17, 15) is 20.1 Å². The van der Waals surface area contributed by atoms with Crippen molar-refractivity contribution in [2.24, 2.45) is 11.3 Å². The highest BCUT2D eigenvalue weighted by Gasteiger charge is 2.49. The summed E-state index contributed by atoms with van der Waals surface area (Å²) in [6.45, 7) is 2.11. The summed E-state index contributed by atoms with van der Waals surface area (Å²) in [5, 5.41) is 29.3. The van der Waals surface area contributed by atoms with Crippen molar-refractivity contribution >= 4 is 5.97 Å². The van der Waals surface area contributed by atoms with Crippen molar-refractivity contribution < 1.29 is 20.1 Å². The van der Waals surface area contributed by atoms with Crippen LogP contribution in [0.25, 0.3) is 0 Å². The smallest absolute Gasteiger partial charge is 0.314 e. The predicted molar refractivity (Wildman–Crippen MR) is 92.0 cm³/mol. The average Bonchev–Trinajstić information content (AvgIpc) is 2.55. The Balaban J connectivity index is 2.09. The van der Waals surface area contributed by atoms with Gasteiger partial charge in [0.05, 0.1) is 5.92 Å².